The molecule has 70 valence electrons. The lowest BCUT2D eigenvalue weighted by molar-refractivity contribution is 0.355. The van der Waals surface area contributed by atoms with Crippen LogP contribution in [-0.2, 0) is 4.74 Å². The summed E-state index contributed by atoms with van der Waals surface area (Å²) in [7, 11) is 0. The Morgan fingerprint density at radius 2 is 1.50 bits per heavy atom. The summed E-state index contributed by atoms with van der Waals surface area (Å²) in [5, 5.41) is -2.57. The van der Waals surface area contributed by atoms with Crippen LogP contribution in [0.15, 0.2) is 0 Å². The van der Waals surface area contributed by atoms with Gasteiger partial charge in [-0.3, -0.25) is 0 Å². The molecule has 1 nitrogen and oxygen atoms in total. The monoisotopic (exact) mass is 268 g/mol. The molecule has 2 fully saturated rings. The van der Waals surface area contributed by atoms with Gasteiger partial charge in [0, 0.05) is 0 Å². The van der Waals surface area contributed by atoms with E-state index >= 15 is 0 Å². The van der Waals surface area contributed by atoms with E-state index < -0.39 is 21.2 Å². The third-order valence-corrected chi connectivity index (χ3v) is 5.39. The zero-order valence-corrected chi connectivity index (χ0v) is 9.46. The smallest absolute Gasteiger partial charge is 0.187 e. The maximum absolute atomic E-state index is 5.97. The van der Waals surface area contributed by atoms with Crippen molar-refractivity contribution in [2.75, 3.05) is 0 Å². The molecule has 0 unspecified atom stereocenters. The van der Waals surface area contributed by atoms with Crippen LogP contribution >= 0.6 is 58.0 Å². The minimum atomic E-state index is -0.883. The van der Waals surface area contributed by atoms with E-state index in [2.05, 4.69) is 0 Å². The number of epoxide rings is 1. The summed E-state index contributed by atoms with van der Waals surface area (Å²) < 4.78 is 5.16. The fourth-order valence-electron chi connectivity index (χ4n) is 1.39. The van der Waals surface area contributed by atoms with E-state index in [0.29, 0.717) is 0 Å². The summed E-state index contributed by atoms with van der Waals surface area (Å²) in [5.74, 6) is 0. The summed E-state index contributed by atoms with van der Waals surface area (Å²) in [4.78, 5) is 0. The van der Waals surface area contributed by atoms with Gasteiger partial charge in [-0.2, -0.15) is 0 Å². The number of ether oxygens (including phenoxy) is 1. The lowest BCUT2D eigenvalue weighted by Gasteiger charge is -2.30. The molecule has 12 heavy (non-hydrogen) atoms. The van der Waals surface area contributed by atoms with Crippen molar-refractivity contribution in [2.24, 2.45) is 0 Å². The van der Waals surface area contributed by atoms with Crippen LogP contribution in [0.25, 0.3) is 0 Å². The number of halogens is 5. The third-order valence-electron chi connectivity index (χ3n) is 2.19. The molecule has 6 heteroatoms. The number of hydrogen-bond donors (Lipinski definition) is 0. The average Bonchev–Trinajstić information content (AvgIpc) is 2.72. The molecule has 0 bridgehead atoms. The summed E-state index contributed by atoms with van der Waals surface area (Å²) in [5.41, 5.74) is 0. The van der Waals surface area contributed by atoms with Crippen LogP contribution in [0.2, 0.25) is 0 Å². The molecule has 1 aliphatic carbocycles. The molecular formula is C6H5Cl5O. The second kappa shape index (κ2) is 2.95. The van der Waals surface area contributed by atoms with Crippen molar-refractivity contribution in [3.05, 3.63) is 0 Å². The molecule has 0 radical (unpaired) electrons. The lowest BCUT2D eigenvalue weighted by atomic mass is 9.98. The van der Waals surface area contributed by atoms with E-state index in [1.807, 2.05) is 0 Å². The average molecular weight is 270 g/mol. The van der Waals surface area contributed by atoms with Crippen LogP contribution < -0.4 is 0 Å². The first-order valence-electron chi connectivity index (χ1n) is 3.41. The van der Waals surface area contributed by atoms with Crippen molar-refractivity contribution in [3.63, 3.8) is 0 Å². The number of alkyl halides is 5. The molecule has 0 aromatic rings. The third kappa shape index (κ3) is 1.18. The summed E-state index contributed by atoms with van der Waals surface area (Å²) >= 11 is 29.6. The second-order valence-electron chi connectivity index (χ2n) is 2.97. The van der Waals surface area contributed by atoms with Crippen LogP contribution in [0.4, 0.5) is 0 Å². The highest BCUT2D eigenvalue weighted by Gasteiger charge is 2.70. The lowest BCUT2D eigenvalue weighted by Crippen LogP contribution is -2.48. The van der Waals surface area contributed by atoms with Gasteiger partial charge in [0.25, 0.3) is 0 Å². The van der Waals surface area contributed by atoms with Gasteiger partial charge in [0.15, 0.2) is 5.06 Å². The molecule has 0 spiro atoms. The van der Waals surface area contributed by atoms with Gasteiger partial charge in [0.2, 0.25) is 0 Å². The standard InChI is InChI=1S/C6H5Cl5O/c7-1-2(8)4(10)6(11)5(12-6)3(1)9/h1-5H/t1-,2-,3-,4+,5-,6+/m0/s1. The van der Waals surface area contributed by atoms with Gasteiger partial charge in [-0.1, -0.05) is 11.6 Å². The minimum absolute atomic E-state index is 0.263. The van der Waals surface area contributed by atoms with Crippen molar-refractivity contribution in [1.82, 2.24) is 0 Å². The Labute approximate surface area is 95.2 Å². The van der Waals surface area contributed by atoms with Gasteiger partial charge in [0.05, 0.1) is 21.5 Å². The first-order valence-corrected chi connectivity index (χ1v) is 5.54. The molecule has 2 rings (SSSR count). The molecule has 0 N–H and O–H groups in total. The zero-order valence-electron chi connectivity index (χ0n) is 5.68. The van der Waals surface area contributed by atoms with Crippen LogP contribution in [0.3, 0.4) is 0 Å². The van der Waals surface area contributed by atoms with E-state index in [1.165, 1.54) is 0 Å². The number of hydrogen-bond acceptors (Lipinski definition) is 1. The summed E-state index contributed by atoms with van der Waals surface area (Å²) in [6.45, 7) is 0. The summed E-state index contributed by atoms with van der Waals surface area (Å²) in [6, 6.07) is 0. The van der Waals surface area contributed by atoms with Crippen molar-refractivity contribution < 1.29 is 4.74 Å². The van der Waals surface area contributed by atoms with E-state index in [4.69, 9.17) is 62.7 Å². The van der Waals surface area contributed by atoms with Crippen molar-refractivity contribution in [3.8, 4) is 0 Å². The fourth-order valence-corrected chi connectivity index (χ4v) is 3.38. The maximum Gasteiger partial charge on any atom is 0.187 e. The van der Waals surface area contributed by atoms with Gasteiger partial charge in [-0.15, -0.1) is 46.4 Å². The molecule has 0 aromatic heterocycles. The molecular weight excluding hydrogens is 265 g/mol. The van der Waals surface area contributed by atoms with Crippen molar-refractivity contribution in [1.29, 1.82) is 0 Å². The predicted octanol–water partition coefficient (Wildman–Crippen LogP) is 2.76. The normalized spacial score (nSPS) is 64.2. The quantitative estimate of drug-likeness (QED) is 0.487. The highest BCUT2D eigenvalue weighted by Crippen LogP contribution is 2.56. The van der Waals surface area contributed by atoms with Crippen LogP contribution in [0.5, 0.6) is 0 Å². The Morgan fingerprint density at radius 3 is 2.08 bits per heavy atom. The summed E-state index contributed by atoms with van der Waals surface area (Å²) in [6.07, 6.45) is -0.263. The predicted molar refractivity (Wildman–Crippen MR) is 52.0 cm³/mol. The molecule has 2 aliphatic rings. The zero-order chi connectivity index (χ0) is 9.09. The second-order valence-corrected chi connectivity index (χ2v) is 5.54. The first kappa shape index (κ1) is 9.95. The van der Waals surface area contributed by atoms with Crippen molar-refractivity contribution in [2.45, 2.75) is 32.7 Å². The first-order chi connectivity index (χ1) is 5.48. The molecule has 1 heterocycles. The SMILES string of the molecule is Cl[C@H]1[C@H](Cl)[C@@H](Cl)[C@@]2(Cl)O[C@H]2[C@H]1Cl. The molecule has 1 saturated carbocycles. The van der Waals surface area contributed by atoms with Gasteiger partial charge >= 0.3 is 0 Å². The molecule has 0 amide bonds. The van der Waals surface area contributed by atoms with E-state index in [9.17, 15) is 0 Å². The highest BCUT2D eigenvalue weighted by atomic mass is 35.5. The Kier molecular flexibility index (Phi) is 2.44. The van der Waals surface area contributed by atoms with Crippen molar-refractivity contribution >= 4 is 58.0 Å². The van der Waals surface area contributed by atoms with Crippen LogP contribution in [0, 0.1) is 0 Å². The Bertz CT molecular complexity index is 207. The highest BCUT2D eigenvalue weighted by molar-refractivity contribution is 6.43. The van der Waals surface area contributed by atoms with E-state index in [-0.39, 0.29) is 11.5 Å². The molecule has 6 atom stereocenters. The fraction of sp³-hybridized carbons (Fsp3) is 1.00. The van der Waals surface area contributed by atoms with Gasteiger partial charge in [-0.05, 0) is 0 Å². The van der Waals surface area contributed by atoms with E-state index in [0.717, 1.165) is 0 Å². The van der Waals surface area contributed by atoms with E-state index in [1.54, 1.807) is 0 Å². The maximum atomic E-state index is 5.97. The largest absolute Gasteiger partial charge is 0.346 e. The molecule has 1 aliphatic heterocycles. The molecule has 1 saturated heterocycles. The van der Waals surface area contributed by atoms with Gasteiger partial charge in [-0.25, -0.2) is 0 Å². The van der Waals surface area contributed by atoms with Gasteiger partial charge < -0.3 is 4.74 Å². The van der Waals surface area contributed by atoms with Crippen LogP contribution in [0.1, 0.15) is 0 Å². The van der Waals surface area contributed by atoms with Gasteiger partial charge in [0.1, 0.15) is 6.10 Å². The minimum Gasteiger partial charge on any atom is -0.346 e. The molecule has 0 aromatic carbocycles. The topological polar surface area (TPSA) is 12.5 Å². The Balaban J connectivity index is 2.22. The van der Waals surface area contributed by atoms with Crippen LogP contribution in [-0.4, -0.2) is 32.7 Å². The Morgan fingerprint density at radius 1 is 0.917 bits per heavy atom. The number of rotatable bonds is 0. The number of fused-ring (bicyclic) bond motifs is 1. The Hall–Kier alpha value is 1.41.